The summed E-state index contributed by atoms with van der Waals surface area (Å²) in [6, 6.07) is 8.67. The second-order valence-corrected chi connectivity index (χ2v) is 6.82. The van der Waals surface area contributed by atoms with Gasteiger partial charge in [-0.3, -0.25) is 4.68 Å². The van der Waals surface area contributed by atoms with Gasteiger partial charge in [0.05, 0.1) is 11.2 Å². The first-order chi connectivity index (χ1) is 10.2. The van der Waals surface area contributed by atoms with E-state index in [0.717, 1.165) is 25.6 Å². The largest absolute Gasteiger partial charge is 0.311 e. The lowest BCUT2D eigenvalue weighted by atomic mass is 10.1. The van der Waals surface area contributed by atoms with Crippen LogP contribution in [0, 0.1) is 11.8 Å². The molecule has 1 N–H and O–H groups in total. The SMILES string of the molecule is CC(C)CNCc1nn(CC2CCCC2)c2ccccc12. The Hall–Kier alpha value is -1.35. The molecule has 1 fully saturated rings. The van der Waals surface area contributed by atoms with Gasteiger partial charge in [0.1, 0.15) is 0 Å². The van der Waals surface area contributed by atoms with Gasteiger partial charge in [-0.15, -0.1) is 0 Å². The maximum atomic E-state index is 4.90. The molecule has 3 rings (SSSR count). The number of rotatable bonds is 6. The highest BCUT2D eigenvalue weighted by atomic mass is 15.3. The molecule has 1 aliphatic carbocycles. The zero-order chi connectivity index (χ0) is 14.7. The highest BCUT2D eigenvalue weighted by molar-refractivity contribution is 5.81. The van der Waals surface area contributed by atoms with Crippen LogP contribution in [0.1, 0.15) is 45.2 Å². The number of nitrogens with zero attached hydrogens (tertiary/aromatic N) is 2. The third-order valence-electron chi connectivity index (χ3n) is 4.49. The van der Waals surface area contributed by atoms with Crippen LogP contribution in [0.3, 0.4) is 0 Å². The summed E-state index contributed by atoms with van der Waals surface area (Å²) in [4.78, 5) is 0. The first kappa shape index (κ1) is 14.6. The fraction of sp³-hybridized carbons (Fsp3) is 0.611. The van der Waals surface area contributed by atoms with Gasteiger partial charge in [0, 0.05) is 18.5 Å². The van der Waals surface area contributed by atoms with E-state index in [1.807, 2.05) is 0 Å². The Balaban J connectivity index is 1.79. The second kappa shape index (κ2) is 6.61. The number of hydrogen-bond donors (Lipinski definition) is 1. The first-order valence-corrected chi connectivity index (χ1v) is 8.39. The zero-order valence-corrected chi connectivity index (χ0v) is 13.3. The van der Waals surface area contributed by atoms with E-state index in [1.54, 1.807) is 0 Å². The standard InChI is InChI=1S/C18H27N3/c1-14(2)11-19-12-17-16-9-5-6-10-18(16)21(20-17)13-15-7-3-4-8-15/h5-6,9-10,14-15,19H,3-4,7-8,11-13H2,1-2H3. The molecule has 0 unspecified atom stereocenters. The average Bonchev–Trinajstić information content (AvgIpc) is 3.09. The molecule has 0 radical (unpaired) electrons. The van der Waals surface area contributed by atoms with Crippen molar-refractivity contribution in [1.82, 2.24) is 15.1 Å². The number of para-hydroxylation sites is 1. The predicted octanol–water partition coefficient (Wildman–Crippen LogP) is 3.97. The number of benzene rings is 1. The molecule has 3 nitrogen and oxygen atoms in total. The molecule has 21 heavy (non-hydrogen) atoms. The van der Waals surface area contributed by atoms with E-state index in [4.69, 9.17) is 5.10 Å². The summed E-state index contributed by atoms with van der Waals surface area (Å²) >= 11 is 0. The minimum atomic E-state index is 0.678. The Morgan fingerprint density at radius 1 is 1.24 bits per heavy atom. The Morgan fingerprint density at radius 2 is 2.00 bits per heavy atom. The van der Waals surface area contributed by atoms with Gasteiger partial charge in [-0.05, 0) is 37.3 Å². The van der Waals surface area contributed by atoms with Crippen LogP contribution >= 0.6 is 0 Å². The zero-order valence-electron chi connectivity index (χ0n) is 13.3. The molecular weight excluding hydrogens is 258 g/mol. The van der Waals surface area contributed by atoms with Crippen molar-refractivity contribution in [2.24, 2.45) is 11.8 Å². The lowest BCUT2D eigenvalue weighted by Gasteiger charge is -2.09. The normalized spacial score (nSPS) is 16.3. The van der Waals surface area contributed by atoms with E-state index in [9.17, 15) is 0 Å². The molecule has 3 heteroatoms. The smallest absolute Gasteiger partial charge is 0.0841 e. The Kier molecular flexibility index (Phi) is 4.59. The monoisotopic (exact) mass is 285 g/mol. The fourth-order valence-electron chi connectivity index (χ4n) is 3.38. The summed E-state index contributed by atoms with van der Waals surface area (Å²) in [5, 5.41) is 9.74. The van der Waals surface area contributed by atoms with Crippen molar-refractivity contribution < 1.29 is 0 Å². The lowest BCUT2D eigenvalue weighted by molar-refractivity contribution is 0.434. The van der Waals surface area contributed by atoms with Crippen molar-refractivity contribution >= 4 is 10.9 Å². The van der Waals surface area contributed by atoms with Crippen LogP contribution in [0.2, 0.25) is 0 Å². The second-order valence-electron chi connectivity index (χ2n) is 6.82. The molecule has 1 saturated carbocycles. The number of fused-ring (bicyclic) bond motifs is 1. The molecular formula is C18H27N3. The van der Waals surface area contributed by atoms with E-state index in [1.165, 1.54) is 42.3 Å². The van der Waals surface area contributed by atoms with Gasteiger partial charge >= 0.3 is 0 Å². The molecule has 1 aliphatic rings. The van der Waals surface area contributed by atoms with Crippen LogP contribution in [0.5, 0.6) is 0 Å². The van der Waals surface area contributed by atoms with Crippen LogP contribution in [-0.2, 0) is 13.1 Å². The van der Waals surface area contributed by atoms with E-state index in [-0.39, 0.29) is 0 Å². The summed E-state index contributed by atoms with van der Waals surface area (Å²) in [5.74, 6) is 1.50. The van der Waals surface area contributed by atoms with E-state index in [0.29, 0.717) is 5.92 Å². The molecule has 1 aromatic heterocycles. The molecule has 0 spiro atoms. The molecule has 1 heterocycles. The number of hydrogen-bond acceptors (Lipinski definition) is 2. The van der Waals surface area contributed by atoms with Gasteiger partial charge in [-0.1, -0.05) is 44.9 Å². The number of nitrogens with one attached hydrogen (secondary N) is 1. The summed E-state index contributed by atoms with van der Waals surface area (Å²) in [6.45, 7) is 7.48. The molecule has 0 aliphatic heterocycles. The summed E-state index contributed by atoms with van der Waals surface area (Å²) < 4.78 is 2.25. The molecule has 0 atom stereocenters. The third-order valence-corrected chi connectivity index (χ3v) is 4.49. The van der Waals surface area contributed by atoms with Crippen LogP contribution < -0.4 is 5.32 Å². The summed E-state index contributed by atoms with van der Waals surface area (Å²) in [6.07, 6.45) is 5.53. The summed E-state index contributed by atoms with van der Waals surface area (Å²) in [5.41, 5.74) is 2.50. The van der Waals surface area contributed by atoms with E-state index >= 15 is 0 Å². The van der Waals surface area contributed by atoms with Gasteiger partial charge in [0.15, 0.2) is 0 Å². The van der Waals surface area contributed by atoms with E-state index in [2.05, 4.69) is 48.1 Å². The highest BCUT2D eigenvalue weighted by Crippen LogP contribution is 2.28. The topological polar surface area (TPSA) is 29.9 Å². The Labute approximate surface area is 127 Å². The minimum Gasteiger partial charge on any atom is -0.311 e. The van der Waals surface area contributed by atoms with Crippen molar-refractivity contribution in [3.05, 3.63) is 30.0 Å². The van der Waals surface area contributed by atoms with E-state index < -0.39 is 0 Å². The van der Waals surface area contributed by atoms with Crippen LogP contribution in [-0.4, -0.2) is 16.3 Å². The van der Waals surface area contributed by atoms with Crippen molar-refractivity contribution in [2.45, 2.75) is 52.6 Å². The molecule has 0 saturated heterocycles. The number of aromatic nitrogens is 2. The lowest BCUT2D eigenvalue weighted by Crippen LogP contribution is -2.19. The van der Waals surface area contributed by atoms with Crippen molar-refractivity contribution in [2.75, 3.05) is 6.54 Å². The van der Waals surface area contributed by atoms with Gasteiger partial charge in [0.2, 0.25) is 0 Å². The van der Waals surface area contributed by atoms with Gasteiger partial charge in [0.25, 0.3) is 0 Å². The molecule has 2 aromatic rings. The maximum Gasteiger partial charge on any atom is 0.0841 e. The molecule has 0 amide bonds. The molecule has 1 aromatic carbocycles. The molecule has 114 valence electrons. The van der Waals surface area contributed by atoms with Crippen molar-refractivity contribution in [3.8, 4) is 0 Å². The fourth-order valence-corrected chi connectivity index (χ4v) is 3.38. The van der Waals surface area contributed by atoms with Crippen molar-refractivity contribution in [3.63, 3.8) is 0 Å². The van der Waals surface area contributed by atoms with Crippen LogP contribution in [0.25, 0.3) is 10.9 Å². The Bertz CT molecular complexity index is 579. The maximum absolute atomic E-state index is 4.90. The van der Waals surface area contributed by atoms with Gasteiger partial charge in [-0.2, -0.15) is 5.10 Å². The Morgan fingerprint density at radius 3 is 2.76 bits per heavy atom. The average molecular weight is 285 g/mol. The van der Waals surface area contributed by atoms with Gasteiger partial charge in [-0.25, -0.2) is 0 Å². The third kappa shape index (κ3) is 3.46. The van der Waals surface area contributed by atoms with Gasteiger partial charge < -0.3 is 5.32 Å². The molecule has 0 bridgehead atoms. The quantitative estimate of drug-likeness (QED) is 0.870. The van der Waals surface area contributed by atoms with Crippen LogP contribution in [0.4, 0.5) is 0 Å². The minimum absolute atomic E-state index is 0.678. The first-order valence-electron chi connectivity index (χ1n) is 8.39. The summed E-state index contributed by atoms with van der Waals surface area (Å²) in [7, 11) is 0. The predicted molar refractivity (Wildman–Crippen MR) is 88.2 cm³/mol. The van der Waals surface area contributed by atoms with Crippen LogP contribution in [0.15, 0.2) is 24.3 Å². The van der Waals surface area contributed by atoms with Crippen molar-refractivity contribution in [1.29, 1.82) is 0 Å². The highest BCUT2D eigenvalue weighted by Gasteiger charge is 2.18.